The molecular weight excluding hydrogens is 1740 g/mol. The Balaban J connectivity index is 0.000000286. The standard InChI is InChI=1S/C48H60O10.C30H44N6O3.C29H37N5O4.C2H6/c1-6-38-16-9-10-19-43(38)41-31-39(17-12-26-56-47(51)34(2)3)46(40(32-41)18-13-27-57-48(52)35(4)5)55-25-11-7-8-15-36-20-22-42(23-21-36)54-28-14-24-53-33-37-29-44(49)58-45(50)30-37;1-2-3-4-5-6-21-37-26-14-10-24(11-15-26)25-12-16-27(17-13-25)38-22-8-23-39-30-35-28(9-7-18-31)34-29(36-30)33-20-19-32;1-4-5-6-8-19-37-25-15-11-23(12-16-25)24-13-17-26(18-14-24)38-20-9-7-10-27-32-28(30-21(2)35)34-29(33-27)31-22(3)36;1-2/h9-10,16,19-23,31-32,37H,2,4,6-8,11-15,17-18,24-30,33H2,1,3,5H3;10-17H,2-9,18-23,31-32H2,1H3,(H,33,34,35,36);11-18H,4-10,19-20H2,1-3H3,(H2,30,31,32,33,34,35,36);1-2H3. The van der Waals surface area contributed by atoms with E-state index in [-0.39, 0.29) is 55.7 Å². The molecule has 0 aliphatic carbocycles. The molecule has 3 heterocycles. The zero-order valence-electron chi connectivity index (χ0n) is 82.3. The van der Waals surface area contributed by atoms with E-state index in [2.05, 4.69) is 169 Å². The van der Waals surface area contributed by atoms with Crippen LogP contribution < -0.4 is 60.6 Å². The predicted octanol–water partition coefficient (Wildman–Crippen LogP) is 20.9. The molecule has 137 heavy (non-hydrogen) atoms. The number of nitrogens with one attached hydrogen (secondary N) is 3. The van der Waals surface area contributed by atoms with E-state index in [9.17, 15) is 28.8 Å². The van der Waals surface area contributed by atoms with Crippen LogP contribution in [0.5, 0.6) is 40.5 Å². The van der Waals surface area contributed by atoms with E-state index in [0.29, 0.717) is 152 Å². The van der Waals surface area contributed by atoms with Crippen molar-refractivity contribution in [3.8, 4) is 73.9 Å². The number of aromatic nitrogens is 6. The predicted molar refractivity (Wildman–Crippen MR) is 540 cm³/mol. The lowest BCUT2D eigenvalue weighted by Gasteiger charge is -2.20. The topological polar surface area (TPSA) is 369 Å². The van der Waals surface area contributed by atoms with E-state index in [1.165, 1.54) is 75.5 Å². The monoisotopic (exact) mass is 1880 g/mol. The molecule has 7 N–H and O–H groups in total. The highest BCUT2D eigenvalue weighted by Gasteiger charge is 2.27. The van der Waals surface area contributed by atoms with Gasteiger partial charge in [-0.25, -0.2) is 9.59 Å². The molecule has 7 aromatic carbocycles. The van der Waals surface area contributed by atoms with Crippen LogP contribution in [0.25, 0.3) is 33.4 Å². The molecule has 0 unspecified atom stereocenters. The number of hydrogen-bond acceptors (Lipinski definition) is 26. The zero-order valence-corrected chi connectivity index (χ0v) is 82.3. The third-order valence-corrected chi connectivity index (χ3v) is 21.4. The molecule has 0 atom stereocenters. The molecule has 28 heteroatoms. The summed E-state index contributed by atoms with van der Waals surface area (Å²) in [6, 6.07) is 53.9. The Bertz CT molecular complexity index is 4930. The van der Waals surface area contributed by atoms with E-state index in [4.69, 9.17) is 58.8 Å². The highest BCUT2D eigenvalue weighted by Crippen LogP contribution is 2.36. The summed E-state index contributed by atoms with van der Waals surface area (Å²) in [4.78, 5) is 95.3. The highest BCUT2D eigenvalue weighted by molar-refractivity contribution is 5.90. The molecule has 1 aliphatic heterocycles. The molecule has 740 valence electrons. The number of nitrogens with two attached hydrogens (primary N) is 2. The van der Waals surface area contributed by atoms with Crippen molar-refractivity contribution in [2.24, 2.45) is 17.4 Å². The van der Waals surface area contributed by atoms with Gasteiger partial charge in [-0.1, -0.05) is 178 Å². The van der Waals surface area contributed by atoms with E-state index in [1.54, 1.807) is 13.8 Å². The van der Waals surface area contributed by atoms with Crippen LogP contribution in [0.3, 0.4) is 0 Å². The third kappa shape index (κ3) is 44.8. The summed E-state index contributed by atoms with van der Waals surface area (Å²) in [5, 5.41) is 8.14. The Morgan fingerprint density at radius 3 is 1.27 bits per heavy atom. The Kier molecular flexibility index (Phi) is 53.6. The van der Waals surface area contributed by atoms with Crippen LogP contribution in [0, 0.1) is 5.92 Å². The van der Waals surface area contributed by atoms with E-state index >= 15 is 0 Å². The van der Waals surface area contributed by atoms with Gasteiger partial charge in [-0.2, -0.15) is 29.9 Å². The van der Waals surface area contributed by atoms with Crippen LogP contribution in [0.4, 0.5) is 17.8 Å². The fourth-order valence-corrected chi connectivity index (χ4v) is 14.3. The third-order valence-electron chi connectivity index (χ3n) is 21.4. The zero-order chi connectivity index (χ0) is 98.4. The minimum atomic E-state index is -0.482. The Labute approximate surface area is 811 Å². The lowest BCUT2D eigenvalue weighted by atomic mass is 9.91. The number of hydrogen-bond donors (Lipinski definition) is 5. The molecule has 0 saturated carbocycles. The molecule has 28 nitrogen and oxygen atoms in total. The van der Waals surface area contributed by atoms with Gasteiger partial charge in [-0.15, -0.1) is 0 Å². The summed E-state index contributed by atoms with van der Waals surface area (Å²) in [5.41, 5.74) is 23.4. The van der Waals surface area contributed by atoms with Gasteiger partial charge in [0.2, 0.25) is 29.7 Å². The molecule has 9 aromatic rings. The maximum absolute atomic E-state index is 12.1. The van der Waals surface area contributed by atoms with Crippen LogP contribution in [-0.4, -0.2) is 158 Å². The quantitative estimate of drug-likeness (QED) is 0.00777. The van der Waals surface area contributed by atoms with Crippen LogP contribution in [-0.2, 0) is 86.2 Å². The smallest absolute Gasteiger partial charge is 0.333 e. The van der Waals surface area contributed by atoms with Crippen molar-refractivity contribution in [1.82, 2.24) is 29.9 Å². The summed E-state index contributed by atoms with van der Waals surface area (Å²) in [7, 11) is 0. The van der Waals surface area contributed by atoms with Gasteiger partial charge in [-0.05, 0) is 239 Å². The lowest BCUT2D eigenvalue weighted by molar-refractivity contribution is -0.166. The van der Waals surface area contributed by atoms with Gasteiger partial charge in [0.15, 0.2) is 0 Å². The van der Waals surface area contributed by atoms with E-state index < -0.39 is 23.9 Å². The Morgan fingerprint density at radius 1 is 0.394 bits per heavy atom. The number of carbonyl (C=O) groups is 6. The molecule has 0 bridgehead atoms. The SMILES string of the molecule is C=C(C)C(=O)OCCCc1cc(-c2ccccc2CC)cc(CCCOC(=O)C(=C)C)c1OCCCCCc1ccc(OCCCOCC2CC(=O)OC(=O)C2)cc1.CC.CCCCCCCOc1ccc(-c2ccc(OCCCOc3nc(CCCN)nc(NCCN)n3)cc2)cc1.CCCCCCOc1ccc(-c2ccc(OCCCCc3nc(NC(C)=O)nc(NC(C)=O)n3)cc2)cc1. The highest BCUT2D eigenvalue weighted by atomic mass is 16.6. The number of esters is 4. The number of amides is 2. The van der Waals surface area contributed by atoms with Crippen molar-refractivity contribution < 1.29 is 80.9 Å². The maximum Gasteiger partial charge on any atom is 0.333 e. The number of ether oxygens (including phenoxy) is 11. The van der Waals surface area contributed by atoms with Crippen molar-refractivity contribution in [3.05, 3.63) is 216 Å². The molecule has 1 aliphatic rings. The van der Waals surface area contributed by atoms with Gasteiger partial charge < -0.3 is 68.9 Å². The van der Waals surface area contributed by atoms with Gasteiger partial charge in [0.25, 0.3) is 0 Å². The number of unbranched alkanes of at least 4 members (excludes halogenated alkanes) is 10. The summed E-state index contributed by atoms with van der Waals surface area (Å²) in [6.45, 7) is 31.1. The minimum absolute atomic E-state index is 0.118. The summed E-state index contributed by atoms with van der Waals surface area (Å²) < 4.78 is 62.8. The molecule has 0 radical (unpaired) electrons. The Hall–Kier alpha value is -12.7. The van der Waals surface area contributed by atoms with Crippen molar-refractivity contribution in [3.63, 3.8) is 0 Å². The summed E-state index contributed by atoms with van der Waals surface area (Å²) in [6.07, 6.45) is 23.7. The molecule has 1 fully saturated rings. The van der Waals surface area contributed by atoms with E-state index in [1.807, 2.05) is 86.6 Å². The van der Waals surface area contributed by atoms with Crippen LogP contribution >= 0.6 is 0 Å². The lowest BCUT2D eigenvalue weighted by Crippen LogP contribution is -2.28. The number of carbonyl (C=O) groups excluding carboxylic acids is 6. The molecule has 10 rings (SSSR count). The fourth-order valence-electron chi connectivity index (χ4n) is 14.3. The van der Waals surface area contributed by atoms with Gasteiger partial charge in [0.1, 0.15) is 46.1 Å². The number of benzene rings is 7. The number of cyclic esters (lactones) is 2. The molecular formula is C109H147N11O17. The molecule has 2 aromatic heterocycles. The molecule has 0 spiro atoms. The number of rotatable bonds is 61. The van der Waals surface area contributed by atoms with Crippen molar-refractivity contribution >= 4 is 53.5 Å². The van der Waals surface area contributed by atoms with E-state index in [0.717, 1.165) is 151 Å². The molecule has 2 amide bonds. The minimum Gasteiger partial charge on any atom is -0.494 e. The number of nitrogens with zero attached hydrogens (tertiary/aromatic N) is 6. The summed E-state index contributed by atoms with van der Waals surface area (Å²) >= 11 is 0. The fraction of sp³-hybridized carbons (Fsp3) is 0.468. The largest absolute Gasteiger partial charge is 0.494 e. The van der Waals surface area contributed by atoms with Gasteiger partial charge in [-0.3, -0.25) is 29.8 Å². The average Bonchev–Trinajstić information content (AvgIpc) is 0.796. The number of aryl methyl sites for hydroxylation is 6. The molecule has 1 saturated heterocycles. The second-order valence-electron chi connectivity index (χ2n) is 33.2. The van der Waals surface area contributed by atoms with Crippen molar-refractivity contribution in [2.45, 2.75) is 236 Å². The van der Waals surface area contributed by atoms with Crippen LogP contribution in [0.2, 0.25) is 0 Å². The first kappa shape index (κ1) is 111. The maximum atomic E-state index is 12.1. The average molecular weight is 1880 g/mol. The Morgan fingerprint density at radius 2 is 0.803 bits per heavy atom. The van der Waals surface area contributed by atoms with Crippen molar-refractivity contribution in [1.29, 1.82) is 0 Å². The number of anilines is 3. The second-order valence-corrected chi connectivity index (χ2v) is 33.2. The first-order chi connectivity index (χ1) is 66.7. The normalized spacial score (nSPS) is 11.5. The van der Waals surface area contributed by atoms with Gasteiger partial charge >= 0.3 is 29.9 Å². The van der Waals surface area contributed by atoms with Crippen LogP contribution in [0.15, 0.2) is 182 Å². The van der Waals surface area contributed by atoms with Crippen LogP contribution in [0.1, 0.15) is 231 Å². The van der Waals surface area contributed by atoms with Gasteiger partial charge in [0, 0.05) is 76.3 Å². The first-order valence-corrected chi connectivity index (χ1v) is 49.0. The first-order valence-electron chi connectivity index (χ1n) is 49.0. The van der Waals surface area contributed by atoms with Gasteiger partial charge in [0.05, 0.1) is 78.9 Å². The van der Waals surface area contributed by atoms with Crippen molar-refractivity contribution in [2.75, 3.05) is 108 Å². The second kappa shape index (κ2) is 65.9. The summed E-state index contributed by atoms with van der Waals surface area (Å²) in [5.74, 6) is 4.49.